The van der Waals surface area contributed by atoms with Crippen molar-refractivity contribution in [3.8, 4) is 0 Å². The smallest absolute Gasteiger partial charge is 0.267 e. The van der Waals surface area contributed by atoms with E-state index in [1.807, 2.05) is 37.3 Å². The fourth-order valence-electron chi connectivity index (χ4n) is 1.61. The maximum atomic E-state index is 11.7. The van der Waals surface area contributed by atoms with Crippen LogP contribution in [0.25, 0.3) is 0 Å². The standard InChI is InChI=1S/C15H15N3O/c1-12(13-6-3-2-4-7-13)10-17-18-15(19)14-8-5-9-16-11-14/h2-12H,1H3,(H,18,19)/b17-10+. The Morgan fingerprint density at radius 1 is 1.26 bits per heavy atom. The number of nitrogens with zero attached hydrogens (tertiary/aromatic N) is 2. The number of benzene rings is 1. The van der Waals surface area contributed by atoms with Gasteiger partial charge in [-0.3, -0.25) is 9.78 Å². The summed E-state index contributed by atoms with van der Waals surface area (Å²) in [6.07, 6.45) is 4.84. The molecule has 2 rings (SSSR count). The van der Waals surface area contributed by atoms with E-state index >= 15 is 0 Å². The zero-order valence-electron chi connectivity index (χ0n) is 10.7. The number of nitrogens with one attached hydrogen (secondary N) is 1. The molecule has 0 radical (unpaired) electrons. The summed E-state index contributed by atoms with van der Waals surface area (Å²) >= 11 is 0. The molecule has 0 aliphatic heterocycles. The van der Waals surface area contributed by atoms with Crippen LogP contribution in [0.15, 0.2) is 60.0 Å². The lowest BCUT2D eigenvalue weighted by molar-refractivity contribution is 0.0954. The van der Waals surface area contributed by atoms with Crippen molar-refractivity contribution in [3.63, 3.8) is 0 Å². The van der Waals surface area contributed by atoms with E-state index in [1.54, 1.807) is 24.5 Å². The minimum Gasteiger partial charge on any atom is -0.267 e. The predicted molar refractivity (Wildman–Crippen MR) is 75.1 cm³/mol. The Hall–Kier alpha value is -2.49. The second-order valence-electron chi connectivity index (χ2n) is 4.16. The van der Waals surface area contributed by atoms with Crippen molar-refractivity contribution in [2.75, 3.05) is 0 Å². The fourth-order valence-corrected chi connectivity index (χ4v) is 1.61. The molecule has 1 heterocycles. The lowest BCUT2D eigenvalue weighted by atomic mass is 10.0. The molecule has 96 valence electrons. The van der Waals surface area contributed by atoms with Crippen LogP contribution in [0.2, 0.25) is 0 Å². The van der Waals surface area contributed by atoms with Gasteiger partial charge in [0, 0.05) is 24.5 Å². The molecule has 4 heteroatoms. The topological polar surface area (TPSA) is 54.4 Å². The van der Waals surface area contributed by atoms with Gasteiger partial charge in [-0.15, -0.1) is 0 Å². The van der Waals surface area contributed by atoms with Gasteiger partial charge in [0.15, 0.2) is 0 Å². The average Bonchev–Trinajstić information content (AvgIpc) is 2.49. The van der Waals surface area contributed by atoms with E-state index < -0.39 is 0 Å². The van der Waals surface area contributed by atoms with E-state index in [0.29, 0.717) is 5.56 Å². The van der Waals surface area contributed by atoms with E-state index in [0.717, 1.165) is 5.56 Å². The van der Waals surface area contributed by atoms with Crippen LogP contribution in [0, 0.1) is 0 Å². The first-order valence-electron chi connectivity index (χ1n) is 6.06. The van der Waals surface area contributed by atoms with Gasteiger partial charge >= 0.3 is 0 Å². The molecule has 0 aliphatic rings. The molecule has 1 N–H and O–H groups in total. The molecular formula is C15H15N3O. The number of hydrogen-bond donors (Lipinski definition) is 1. The Balaban J connectivity index is 1.92. The van der Waals surface area contributed by atoms with Crippen LogP contribution in [-0.2, 0) is 0 Å². The van der Waals surface area contributed by atoms with E-state index in [4.69, 9.17) is 0 Å². The summed E-state index contributed by atoms with van der Waals surface area (Å²) in [6, 6.07) is 13.4. The van der Waals surface area contributed by atoms with Crippen LogP contribution in [0.5, 0.6) is 0 Å². The molecule has 1 aromatic heterocycles. The molecule has 0 aliphatic carbocycles. The second-order valence-corrected chi connectivity index (χ2v) is 4.16. The van der Waals surface area contributed by atoms with Crippen molar-refractivity contribution in [1.82, 2.24) is 10.4 Å². The number of amides is 1. The van der Waals surface area contributed by atoms with Crippen LogP contribution in [0.1, 0.15) is 28.8 Å². The minimum absolute atomic E-state index is 0.149. The molecule has 0 spiro atoms. The molecule has 2 aromatic rings. The van der Waals surface area contributed by atoms with Crippen molar-refractivity contribution < 1.29 is 4.79 Å². The Bertz CT molecular complexity index is 552. The van der Waals surface area contributed by atoms with Gasteiger partial charge < -0.3 is 0 Å². The molecular weight excluding hydrogens is 238 g/mol. The fraction of sp³-hybridized carbons (Fsp3) is 0.133. The number of hydrogen-bond acceptors (Lipinski definition) is 3. The third-order valence-electron chi connectivity index (χ3n) is 2.71. The van der Waals surface area contributed by atoms with Gasteiger partial charge in [-0.05, 0) is 17.7 Å². The van der Waals surface area contributed by atoms with Gasteiger partial charge in [-0.25, -0.2) is 5.43 Å². The quantitative estimate of drug-likeness (QED) is 0.672. The number of rotatable bonds is 4. The normalized spacial score (nSPS) is 12.3. The molecule has 0 saturated carbocycles. The summed E-state index contributed by atoms with van der Waals surface area (Å²) in [5.74, 6) is -0.111. The summed E-state index contributed by atoms with van der Waals surface area (Å²) in [5.41, 5.74) is 4.14. The van der Waals surface area contributed by atoms with E-state index in [1.165, 1.54) is 6.20 Å². The highest BCUT2D eigenvalue weighted by atomic mass is 16.2. The van der Waals surface area contributed by atoms with Crippen molar-refractivity contribution >= 4 is 12.1 Å². The van der Waals surface area contributed by atoms with Crippen LogP contribution >= 0.6 is 0 Å². The van der Waals surface area contributed by atoms with Gasteiger partial charge in [0.1, 0.15) is 0 Å². The summed E-state index contributed by atoms with van der Waals surface area (Å²) in [7, 11) is 0. The zero-order valence-corrected chi connectivity index (χ0v) is 10.7. The SMILES string of the molecule is CC(/C=N/NC(=O)c1cccnc1)c1ccccc1. The highest BCUT2D eigenvalue weighted by molar-refractivity contribution is 5.94. The Morgan fingerprint density at radius 3 is 2.74 bits per heavy atom. The Labute approximate surface area is 112 Å². The third-order valence-corrected chi connectivity index (χ3v) is 2.71. The lowest BCUT2D eigenvalue weighted by Crippen LogP contribution is -2.18. The van der Waals surface area contributed by atoms with Gasteiger partial charge in [0.25, 0.3) is 5.91 Å². The molecule has 19 heavy (non-hydrogen) atoms. The van der Waals surface area contributed by atoms with Crippen molar-refractivity contribution in [1.29, 1.82) is 0 Å². The van der Waals surface area contributed by atoms with E-state index in [9.17, 15) is 4.79 Å². The van der Waals surface area contributed by atoms with E-state index in [-0.39, 0.29) is 11.8 Å². The summed E-state index contributed by atoms with van der Waals surface area (Å²) in [6.45, 7) is 2.02. The molecule has 0 bridgehead atoms. The number of carbonyl (C=O) groups is 1. The molecule has 4 nitrogen and oxygen atoms in total. The maximum absolute atomic E-state index is 11.7. The zero-order chi connectivity index (χ0) is 13.5. The van der Waals surface area contributed by atoms with Crippen LogP contribution in [0.3, 0.4) is 0 Å². The predicted octanol–water partition coefficient (Wildman–Crippen LogP) is 2.60. The monoisotopic (exact) mass is 253 g/mol. The number of aromatic nitrogens is 1. The van der Waals surface area contributed by atoms with Crippen molar-refractivity contribution in [2.24, 2.45) is 5.10 Å². The molecule has 1 unspecified atom stereocenters. The summed E-state index contributed by atoms with van der Waals surface area (Å²) < 4.78 is 0. The Kier molecular flexibility index (Phi) is 4.39. The van der Waals surface area contributed by atoms with Crippen molar-refractivity contribution in [3.05, 3.63) is 66.0 Å². The van der Waals surface area contributed by atoms with Gasteiger partial charge in [-0.1, -0.05) is 37.3 Å². The highest BCUT2D eigenvalue weighted by Crippen LogP contribution is 2.11. The summed E-state index contributed by atoms with van der Waals surface area (Å²) in [5, 5.41) is 3.97. The molecule has 1 aromatic carbocycles. The van der Waals surface area contributed by atoms with Gasteiger partial charge in [-0.2, -0.15) is 5.10 Å². The molecule has 0 fully saturated rings. The minimum atomic E-state index is -0.260. The molecule has 1 atom stereocenters. The average molecular weight is 253 g/mol. The van der Waals surface area contributed by atoms with Gasteiger partial charge in [0.2, 0.25) is 0 Å². The molecule has 1 amide bonds. The van der Waals surface area contributed by atoms with Crippen LogP contribution in [0.4, 0.5) is 0 Å². The van der Waals surface area contributed by atoms with Crippen LogP contribution in [-0.4, -0.2) is 17.1 Å². The lowest BCUT2D eigenvalue weighted by Gasteiger charge is -2.05. The summed E-state index contributed by atoms with van der Waals surface area (Å²) in [4.78, 5) is 15.6. The largest absolute Gasteiger partial charge is 0.272 e. The Morgan fingerprint density at radius 2 is 2.05 bits per heavy atom. The first kappa shape index (κ1) is 13.0. The number of pyridine rings is 1. The first-order valence-corrected chi connectivity index (χ1v) is 6.06. The number of carbonyl (C=O) groups excluding carboxylic acids is 1. The first-order chi connectivity index (χ1) is 9.27. The second kappa shape index (κ2) is 6.44. The van der Waals surface area contributed by atoms with E-state index in [2.05, 4.69) is 15.5 Å². The maximum Gasteiger partial charge on any atom is 0.272 e. The van der Waals surface area contributed by atoms with Crippen LogP contribution < -0.4 is 5.43 Å². The van der Waals surface area contributed by atoms with Gasteiger partial charge in [0.05, 0.1) is 5.56 Å². The number of hydrazone groups is 1. The third kappa shape index (κ3) is 3.74. The highest BCUT2D eigenvalue weighted by Gasteiger charge is 2.04. The molecule has 0 saturated heterocycles. The van der Waals surface area contributed by atoms with Crippen molar-refractivity contribution in [2.45, 2.75) is 12.8 Å².